The van der Waals surface area contributed by atoms with E-state index in [1.807, 2.05) is 40.9 Å². The van der Waals surface area contributed by atoms with Gasteiger partial charge in [0.1, 0.15) is 5.82 Å². The summed E-state index contributed by atoms with van der Waals surface area (Å²) in [5, 5.41) is 9.16. The van der Waals surface area contributed by atoms with E-state index >= 15 is 0 Å². The van der Waals surface area contributed by atoms with Crippen LogP contribution in [0.3, 0.4) is 0 Å². The maximum Gasteiger partial charge on any atom is 0.256 e. The molecule has 3 aromatic rings. The fourth-order valence-electron chi connectivity index (χ4n) is 4.61. The van der Waals surface area contributed by atoms with Crippen LogP contribution >= 0.6 is 0 Å². The van der Waals surface area contributed by atoms with Gasteiger partial charge in [-0.2, -0.15) is 19.6 Å². The highest BCUT2D eigenvalue weighted by Crippen LogP contribution is 2.40. The Kier molecular flexibility index (Phi) is 3.97. The van der Waals surface area contributed by atoms with Crippen molar-refractivity contribution in [2.75, 3.05) is 30.1 Å². The largest absolute Gasteiger partial charge is 0.380 e. The quantitative estimate of drug-likeness (QED) is 0.534. The number of anilines is 2. The summed E-state index contributed by atoms with van der Waals surface area (Å²) < 4.78 is 7.23. The van der Waals surface area contributed by atoms with Crippen LogP contribution in [0.2, 0.25) is 0 Å². The molecule has 4 heterocycles. The molecule has 0 amide bonds. The molecule has 29 heavy (non-hydrogen) atoms. The number of hydrazone groups is 1. The van der Waals surface area contributed by atoms with Crippen LogP contribution in [0.5, 0.6) is 0 Å². The topological polar surface area (TPSA) is 79.9 Å². The van der Waals surface area contributed by atoms with Gasteiger partial charge in [-0.3, -0.25) is 5.43 Å². The van der Waals surface area contributed by atoms with Gasteiger partial charge in [-0.25, -0.2) is 0 Å². The van der Waals surface area contributed by atoms with Crippen LogP contribution in [0, 0.1) is 5.92 Å². The third-order valence-corrected chi connectivity index (χ3v) is 6.21. The molecule has 1 aromatic carbocycles. The van der Waals surface area contributed by atoms with E-state index in [1.165, 1.54) is 19.3 Å². The first kappa shape index (κ1) is 16.9. The molecule has 1 N–H and O–H groups in total. The predicted octanol–water partition coefficient (Wildman–Crippen LogP) is 2.67. The van der Waals surface area contributed by atoms with Gasteiger partial charge in [0.05, 0.1) is 25.3 Å². The SMILES string of the molecule is C(=N\Nc1cc(N2CC3CCC2C3)n2nc(C3COC3)nc2n1)/c1ccccc1. The molecule has 1 aliphatic carbocycles. The normalized spacial score (nSPS) is 23.9. The molecule has 148 valence electrons. The first-order chi connectivity index (χ1) is 14.3. The van der Waals surface area contributed by atoms with Crippen molar-refractivity contribution in [3.05, 3.63) is 47.8 Å². The molecule has 2 bridgehead atoms. The van der Waals surface area contributed by atoms with Crippen molar-refractivity contribution in [2.45, 2.75) is 31.2 Å². The molecule has 2 aliphatic heterocycles. The number of hydrogen-bond acceptors (Lipinski definition) is 7. The maximum absolute atomic E-state index is 5.32. The summed E-state index contributed by atoms with van der Waals surface area (Å²) in [6, 6.07) is 12.6. The van der Waals surface area contributed by atoms with E-state index in [9.17, 15) is 0 Å². The number of ether oxygens (including phenoxy) is 1. The van der Waals surface area contributed by atoms with E-state index in [0.717, 1.165) is 29.7 Å². The van der Waals surface area contributed by atoms with E-state index in [-0.39, 0.29) is 5.92 Å². The molecule has 2 unspecified atom stereocenters. The first-order valence-corrected chi connectivity index (χ1v) is 10.3. The summed E-state index contributed by atoms with van der Waals surface area (Å²) in [5.74, 6) is 4.24. The van der Waals surface area contributed by atoms with Gasteiger partial charge in [0.2, 0.25) is 0 Å². The van der Waals surface area contributed by atoms with Crippen molar-refractivity contribution in [3.63, 3.8) is 0 Å². The summed E-state index contributed by atoms with van der Waals surface area (Å²) in [6.45, 7) is 2.46. The van der Waals surface area contributed by atoms with Crippen molar-refractivity contribution in [1.82, 2.24) is 19.6 Å². The second-order valence-corrected chi connectivity index (χ2v) is 8.18. The average Bonchev–Trinajstić information content (AvgIpc) is 3.42. The Bertz CT molecular complexity index is 1060. The summed E-state index contributed by atoms with van der Waals surface area (Å²) >= 11 is 0. The second kappa shape index (κ2) is 6.81. The molecule has 0 radical (unpaired) electrons. The monoisotopic (exact) mass is 389 g/mol. The molecule has 1 saturated carbocycles. The molecule has 8 heteroatoms. The minimum absolute atomic E-state index is 0.270. The Labute approximate surface area is 168 Å². The van der Waals surface area contributed by atoms with Crippen molar-refractivity contribution < 1.29 is 4.74 Å². The zero-order valence-corrected chi connectivity index (χ0v) is 16.1. The smallest absolute Gasteiger partial charge is 0.256 e. The van der Waals surface area contributed by atoms with Crippen molar-refractivity contribution in [1.29, 1.82) is 0 Å². The first-order valence-electron chi connectivity index (χ1n) is 10.3. The Hall–Kier alpha value is -3.00. The van der Waals surface area contributed by atoms with Crippen LogP contribution in [-0.2, 0) is 4.74 Å². The number of piperidine rings is 1. The molecule has 0 spiro atoms. The zero-order chi connectivity index (χ0) is 19.2. The predicted molar refractivity (Wildman–Crippen MR) is 110 cm³/mol. The van der Waals surface area contributed by atoms with Gasteiger partial charge in [0.25, 0.3) is 5.78 Å². The summed E-state index contributed by atoms with van der Waals surface area (Å²) in [6.07, 6.45) is 5.66. The van der Waals surface area contributed by atoms with E-state index in [1.54, 1.807) is 6.21 Å². The molecule has 2 atom stereocenters. The Morgan fingerprint density at radius 3 is 2.76 bits per heavy atom. The third-order valence-electron chi connectivity index (χ3n) is 6.21. The van der Waals surface area contributed by atoms with Gasteiger partial charge in [-0.1, -0.05) is 30.3 Å². The standard InChI is InChI=1S/C21H23N7O/c1-2-4-14(5-3-1)10-22-25-18-9-19(27-11-15-6-7-17(27)8-15)28-21(23-18)24-20(26-28)16-12-29-13-16/h1-5,9-10,15-17H,6-8,11-13H2,(H,23,24,25,26)/b22-10+. The highest BCUT2D eigenvalue weighted by atomic mass is 16.5. The molecule has 2 saturated heterocycles. The fraction of sp³-hybridized carbons (Fsp3) is 0.429. The van der Waals surface area contributed by atoms with E-state index < -0.39 is 0 Å². The van der Waals surface area contributed by atoms with Gasteiger partial charge in [0.15, 0.2) is 11.6 Å². The lowest BCUT2D eigenvalue weighted by molar-refractivity contribution is 0.00496. The van der Waals surface area contributed by atoms with Crippen LogP contribution < -0.4 is 10.3 Å². The summed E-state index contributed by atoms with van der Waals surface area (Å²) in [4.78, 5) is 11.8. The Balaban J connectivity index is 1.35. The highest BCUT2D eigenvalue weighted by Gasteiger charge is 2.39. The molecular weight excluding hydrogens is 366 g/mol. The van der Waals surface area contributed by atoms with Crippen LogP contribution in [0.4, 0.5) is 11.6 Å². The second-order valence-electron chi connectivity index (χ2n) is 8.18. The summed E-state index contributed by atoms with van der Waals surface area (Å²) in [7, 11) is 0. The van der Waals surface area contributed by atoms with E-state index in [4.69, 9.17) is 14.8 Å². The highest BCUT2D eigenvalue weighted by molar-refractivity contribution is 5.80. The average molecular weight is 389 g/mol. The van der Waals surface area contributed by atoms with Gasteiger partial charge in [-0.15, -0.1) is 5.10 Å². The van der Waals surface area contributed by atoms with Gasteiger partial charge < -0.3 is 9.64 Å². The number of nitrogens with zero attached hydrogens (tertiary/aromatic N) is 6. The number of fused-ring (bicyclic) bond motifs is 3. The number of rotatable bonds is 5. The lowest BCUT2D eigenvalue weighted by Crippen LogP contribution is -2.33. The van der Waals surface area contributed by atoms with Gasteiger partial charge >= 0.3 is 0 Å². The number of aromatic nitrogens is 4. The summed E-state index contributed by atoms with van der Waals surface area (Å²) in [5.41, 5.74) is 4.12. The van der Waals surface area contributed by atoms with Crippen molar-refractivity contribution in [2.24, 2.45) is 11.0 Å². The Morgan fingerprint density at radius 2 is 2.03 bits per heavy atom. The van der Waals surface area contributed by atoms with E-state index in [0.29, 0.717) is 30.9 Å². The lowest BCUT2D eigenvalue weighted by Gasteiger charge is -2.29. The van der Waals surface area contributed by atoms with Crippen LogP contribution in [0.25, 0.3) is 5.78 Å². The minimum atomic E-state index is 0.270. The van der Waals surface area contributed by atoms with Crippen LogP contribution in [0.15, 0.2) is 41.5 Å². The number of hydrogen-bond donors (Lipinski definition) is 1. The number of benzene rings is 1. The van der Waals surface area contributed by atoms with Gasteiger partial charge in [-0.05, 0) is 30.7 Å². The fourth-order valence-corrected chi connectivity index (χ4v) is 4.61. The molecule has 3 aliphatic rings. The number of nitrogens with one attached hydrogen (secondary N) is 1. The van der Waals surface area contributed by atoms with E-state index in [2.05, 4.69) is 20.4 Å². The molecule has 2 aromatic heterocycles. The zero-order valence-electron chi connectivity index (χ0n) is 16.1. The Morgan fingerprint density at radius 1 is 1.14 bits per heavy atom. The van der Waals surface area contributed by atoms with Gasteiger partial charge in [0, 0.05) is 18.7 Å². The molecule has 3 fully saturated rings. The minimum Gasteiger partial charge on any atom is -0.380 e. The van der Waals surface area contributed by atoms with Crippen molar-refractivity contribution in [3.8, 4) is 0 Å². The van der Waals surface area contributed by atoms with Crippen LogP contribution in [0.1, 0.15) is 36.6 Å². The molecule has 6 rings (SSSR count). The maximum atomic E-state index is 5.32. The lowest BCUT2D eigenvalue weighted by atomic mass is 10.1. The van der Waals surface area contributed by atoms with Crippen molar-refractivity contribution >= 4 is 23.6 Å². The molecular formula is C21H23N7O. The van der Waals surface area contributed by atoms with Crippen LogP contribution in [-0.4, -0.2) is 51.6 Å². The molecule has 8 nitrogen and oxygen atoms in total. The third kappa shape index (κ3) is 3.04.